The van der Waals surface area contributed by atoms with Crippen LogP contribution >= 0.6 is 11.6 Å². The number of halogens is 1. The van der Waals surface area contributed by atoms with Gasteiger partial charge in [0.05, 0.1) is 24.9 Å². The number of ether oxygens (including phenoxy) is 2. The van der Waals surface area contributed by atoms with Crippen molar-refractivity contribution < 1.29 is 14.3 Å². The summed E-state index contributed by atoms with van der Waals surface area (Å²) >= 11 is 6.05. The van der Waals surface area contributed by atoms with Crippen molar-refractivity contribution in [1.82, 2.24) is 0 Å². The first kappa shape index (κ1) is 17.0. The van der Waals surface area contributed by atoms with Gasteiger partial charge in [0.15, 0.2) is 0 Å². The zero-order chi connectivity index (χ0) is 16.7. The smallest absolute Gasteiger partial charge is 0.226 e. The van der Waals surface area contributed by atoms with Crippen LogP contribution in [-0.2, 0) is 4.79 Å². The van der Waals surface area contributed by atoms with Gasteiger partial charge in [0, 0.05) is 18.7 Å². The molecule has 0 atom stereocenters. The van der Waals surface area contributed by atoms with Gasteiger partial charge in [0.25, 0.3) is 0 Å². The predicted octanol–water partition coefficient (Wildman–Crippen LogP) is 3.80. The van der Waals surface area contributed by atoms with Gasteiger partial charge in [0.1, 0.15) is 11.5 Å². The van der Waals surface area contributed by atoms with E-state index in [0.717, 1.165) is 5.69 Å². The summed E-state index contributed by atoms with van der Waals surface area (Å²) in [6.07, 6.45) is 0.321. The third-order valence-corrected chi connectivity index (χ3v) is 3.51. The third kappa shape index (κ3) is 4.79. The molecule has 5 nitrogen and oxygen atoms in total. The lowest BCUT2D eigenvalue weighted by Crippen LogP contribution is -2.16. The highest BCUT2D eigenvalue weighted by Crippen LogP contribution is 2.27. The van der Waals surface area contributed by atoms with Gasteiger partial charge < -0.3 is 20.1 Å². The van der Waals surface area contributed by atoms with E-state index in [4.69, 9.17) is 21.1 Å². The molecule has 0 bridgehead atoms. The van der Waals surface area contributed by atoms with Crippen LogP contribution in [0.25, 0.3) is 0 Å². The van der Waals surface area contributed by atoms with Crippen LogP contribution < -0.4 is 20.1 Å². The Morgan fingerprint density at radius 1 is 1.09 bits per heavy atom. The number of benzene rings is 2. The van der Waals surface area contributed by atoms with Crippen LogP contribution in [0.4, 0.5) is 11.4 Å². The maximum absolute atomic E-state index is 12.0. The molecular weight excluding hydrogens is 316 g/mol. The van der Waals surface area contributed by atoms with Crippen LogP contribution in [0.1, 0.15) is 6.42 Å². The molecule has 0 aliphatic heterocycles. The maximum Gasteiger partial charge on any atom is 0.226 e. The number of nitrogens with one attached hydrogen (secondary N) is 2. The Balaban J connectivity index is 1.84. The minimum absolute atomic E-state index is 0.0957. The van der Waals surface area contributed by atoms with Gasteiger partial charge in [0.2, 0.25) is 5.91 Å². The van der Waals surface area contributed by atoms with Crippen molar-refractivity contribution in [2.75, 3.05) is 31.4 Å². The van der Waals surface area contributed by atoms with E-state index in [-0.39, 0.29) is 5.91 Å². The number of hydrogen-bond acceptors (Lipinski definition) is 4. The van der Waals surface area contributed by atoms with E-state index in [0.29, 0.717) is 35.2 Å². The van der Waals surface area contributed by atoms with Gasteiger partial charge in [-0.25, -0.2) is 0 Å². The lowest BCUT2D eigenvalue weighted by Gasteiger charge is -2.11. The second-order valence-corrected chi connectivity index (χ2v) is 5.18. The summed E-state index contributed by atoms with van der Waals surface area (Å²) in [5.74, 6) is 1.16. The van der Waals surface area contributed by atoms with E-state index in [1.165, 1.54) is 0 Å². The second kappa shape index (κ2) is 8.29. The number of methoxy groups -OCH3 is 2. The standard InChI is InChI=1S/C17H19ClN2O3/c1-22-15-8-7-12(11-13(15)18)19-10-9-17(21)20-14-5-3-4-6-16(14)23-2/h3-8,11,19H,9-10H2,1-2H3,(H,20,21). The highest BCUT2D eigenvalue weighted by atomic mass is 35.5. The molecule has 0 saturated carbocycles. The number of para-hydroxylation sites is 2. The van der Waals surface area contributed by atoms with E-state index >= 15 is 0 Å². The molecule has 2 rings (SSSR count). The molecular formula is C17H19ClN2O3. The molecule has 0 unspecified atom stereocenters. The minimum Gasteiger partial charge on any atom is -0.495 e. The maximum atomic E-state index is 12.0. The fourth-order valence-electron chi connectivity index (χ4n) is 2.06. The van der Waals surface area contributed by atoms with Crippen LogP contribution in [0.15, 0.2) is 42.5 Å². The number of carbonyl (C=O) groups is 1. The molecule has 2 aromatic rings. The largest absolute Gasteiger partial charge is 0.495 e. The number of anilines is 2. The molecule has 0 aliphatic rings. The van der Waals surface area contributed by atoms with Crippen LogP contribution in [0.3, 0.4) is 0 Å². The third-order valence-electron chi connectivity index (χ3n) is 3.21. The van der Waals surface area contributed by atoms with Crippen LogP contribution in [-0.4, -0.2) is 26.7 Å². The Hall–Kier alpha value is -2.40. The van der Waals surface area contributed by atoms with Crippen molar-refractivity contribution in [3.05, 3.63) is 47.5 Å². The summed E-state index contributed by atoms with van der Waals surface area (Å²) in [6, 6.07) is 12.7. The number of amides is 1. The highest BCUT2D eigenvalue weighted by molar-refractivity contribution is 6.32. The Morgan fingerprint density at radius 2 is 1.83 bits per heavy atom. The molecule has 23 heavy (non-hydrogen) atoms. The van der Waals surface area contributed by atoms with E-state index in [9.17, 15) is 4.79 Å². The quantitative estimate of drug-likeness (QED) is 0.808. The van der Waals surface area contributed by atoms with Gasteiger partial charge in [-0.2, -0.15) is 0 Å². The monoisotopic (exact) mass is 334 g/mol. The van der Waals surface area contributed by atoms with Crippen molar-refractivity contribution in [3.63, 3.8) is 0 Å². The van der Waals surface area contributed by atoms with Gasteiger partial charge in [-0.05, 0) is 30.3 Å². The van der Waals surface area contributed by atoms with Crippen LogP contribution in [0, 0.1) is 0 Å². The predicted molar refractivity (Wildman–Crippen MR) is 92.7 cm³/mol. The summed E-state index contributed by atoms with van der Waals surface area (Å²) in [7, 11) is 3.14. The summed E-state index contributed by atoms with van der Waals surface area (Å²) in [5.41, 5.74) is 1.49. The molecule has 0 aliphatic carbocycles. The molecule has 0 saturated heterocycles. The normalized spacial score (nSPS) is 10.0. The molecule has 0 radical (unpaired) electrons. The second-order valence-electron chi connectivity index (χ2n) is 4.77. The summed E-state index contributed by atoms with van der Waals surface area (Å²) in [5, 5.41) is 6.50. The lowest BCUT2D eigenvalue weighted by molar-refractivity contribution is -0.116. The van der Waals surface area contributed by atoms with Crippen molar-refractivity contribution in [2.45, 2.75) is 6.42 Å². The van der Waals surface area contributed by atoms with Crippen molar-refractivity contribution in [3.8, 4) is 11.5 Å². The van der Waals surface area contributed by atoms with Crippen LogP contribution in [0.5, 0.6) is 11.5 Å². The lowest BCUT2D eigenvalue weighted by atomic mass is 10.2. The van der Waals surface area contributed by atoms with E-state index < -0.39 is 0 Å². The fourth-order valence-corrected chi connectivity index (χ4v) is 2.32. The van der Waals surface area contributed by atoms with Crippen molar-refractivity contribution in [1.29, 1.82) is 0 Å². The van der Waals surface area contributed by atoms with Gasteiger partial charge in [-0.1, -0.05) is 23.7 Å². The van der Waals surface area contributed by atoms with E-state index in [2.05, 4.69) is 10.6 Å². The number of rotatable bonds is 7. The Kier molecular flexibility index (Phi) is 6.11. The molecule has 2 aromatic carbocycles. The highest BCUT2D eigenvalue weighted by Gasteiger charge is 2.07. The number of carbonyl (C=O) groups excluding carboxylic acids is 1. The summed E-state index contributed by atoms with van der Waals surface area (Å²) in [6.45, 7) is 0.490. The topological polar surface area (TPSA) is 59.6 Å². The zero-order valence-corrected chi connectivity index (χ0v) is 13.8. The first-order chi connectivity index (χ1) is 11.1. The summed E-state index contributed by atoms with van der Waals surface area (Å²) in [4.78, 5) is 12.0. The average molecular weight is 335 g/mol. The Morgan fingerprint density at radius 3 is 2.52 bits per heavy atom. The molecule has 0 fully saturated rings. The van der Waals surface area contributed by atoms with Gasteiger partial charge >= 0.3 is 0 Å². The minimum atomic E-state index is -0.0957. The molecule has 122 valence electrons. The van der Waals surface area contributed by atoms with Gasteiger partial charge in [-0.15, -0.1) is 0 Å². The summed E-state index contributed by atoms with van der Waals surface area (Å²) < 4.78 is 10.3. The zero-order valence-electron chi connectivity index (χ0n) is 13.1. The van der Waals surface area contributed by atoms with E-state index in [1.807, 2.05) is 18.2 Å². The van der Waals surface area contributed by atoms with Crippen molar-refractivity contribution in [2.24, 2.45) is 0 Å². The van der Waals surface area contributed by atoms with E-state index in [1.54, 1.807) is 38.5 Å². The Labute approximate surface area is 140 Å². The molecule has 2 N–H and O–H groups in total. The first-order valence-electron chi connectivity index (χ1n) is 7.14. The SMILES string of the molecule is COc1ccc(NCCC(=O)Nc2ccccc2OC)cc1Cl. The van der Waals surface area contributed by atoms with Crippen molar-refractivity contribution >= 4 is 28.9 Å². The molecule has 0 heterocycles. The van der Waals surface area contributed by atoms with Gasteiger partial charge in [-0.3, -0.25) is 4.79 Å². The number of hydrogen-bond donors (Lipinski definition) is 2. The molecule has 0 spiro atoms. The Bertz CT molecular complexity index is 677. The first-order valence-corrected chi connectivity index (χ1v) is 7.52. The molecule has 0 aromatic heterocycles. The fraction of sp³-hybridized carbons (Fsp3) is 0.235. The van der Waals surface area contributed by atoms with Crippen LogP contribution in [0.2, 0.25) is 5.02 Å². The molecule has 6 heteroatoms. The average Bonchev–Trinajstić information content (AvgIpc) is 2.55. The molecule has 1 amide bonds.